The smallest absolute Gasteiger partial charge is 0.251 e. The highest BCUT2D eigenvalue weighted by molar-refractivity contribution is 8.00. The van der Waals surface area contributed by atoms with E-state index in [-0.39, 0.29) is 72.9 Å². The van der Waals surface area contributed by atoms with E-state index in [1.165, 1.54) is 0 Å². The molecule has 0 aliphatic carbocycles. The van der Waals surface area contributed by atoms with Crippen LogP contribution in [0.3, 0.4) is 0 Å². The van der Waals surface area contributed by atoms with Crippen molar-refractivity contribution >= 4 is 70.3 Å². The molecule has 0 saturated carbocycles. The molecule has 2 fully saturated rings. The zero-order chi connectivity index (χ0) is 51.3. The molecule has 1 amide bonds. The number of terminal acetylenes is 1. The van der Waals surface area contributed by atoms with E-state index in [0.717, 1.165) is 75.7 Å². The summed E-state index contributed by atoms with van der Waals surface area (Å²) >= 11 is 3.88. The molecule has 4 aliphatic heterocycles. The molecule has 72 heavy (non-hydrogen) atoms. The topological polar surface area (TPSA) is 243 Å². The maximum atomic E-state index is 13.4. The molecule has 0 aromatic heterocycles. The molecular weight excluding hydrogens is 955 g/mol. The number of guanidine groups is 2. The summed E-state index contributed by atoms with van der Waals surface area (Å²) < 4.78 is 16.6. The Hall–Kier alpha value is -4.28. The van der Waals surface area contributed by atoms with Gasteiger partial charge in [-0.1, -0.05) is 31.7 Å². The third-order valence-electron chi connectivity index (χ3n) is 13.5. The zero-order valence-electron chi connectivity index (χ0n) is 42.4. The summed E-state index contributed by atoms with van der Waals surface area (Å²) in [5, 5.41) is 10.3. The highest BCUT2D eigenvalue weighted by Gasteiger charge is 2.41. The van der Waals surface area contributed by atoms with Crippen LogP contribution < -0.4 is 27.4 Å². The van der Waals surface area contributed by atoms with Crippen molar-refractivity contribution in [2.75, 3.05) is 57.7 Å². The monoisotopic (exact) mass is 1040 g/mol. The van der Waals surface area contributed by atoms with Gasteiger partial charge >= 0.3 is 0 Å². The lowest BCUT2D eigenvalue weighted by molar-refractivity contribution is -0.120. The molecule has 0 bridgehead atoms. The molecule has 398 valence electrons. The molecule has 6 atom stereocenters. The highest BCUT2D eigenvalue weighted by atomic mass is 32.2. The normalized spacial score (nSPS) is 20.7. The molecule has 5 rings (SSSR count). The van der Waals surface area contributed by atoms with Crippen LogP contribution in [0.1, 0.15) is 156 Å². The van der Waals surface area contributed by atoms with Crippen molar-refractivity contribution in [3.05, 3.63) is 34.9 Å². The first-order chi connectivity index (χ1) is 35.0. The van der Waals surface area contributed by atoms with E-state index in [0.29, 0.717) is 155 Å². The Labute approximate surface area is 436 Å². The number of hydrogen-bond donors (Lipinski definition) is 5. The lowest BCUT2D eigenvalue weighted by Crippen LogP contribution is -2.38. The molecule has 18 heteroatoms. The fraction of sp³-hybridized carbons (Fsp3) is 0.704. The summed E-state index contributed by atoms with van der Waals surface area (Å²) in [5.41, 5.74) is 13.5. The minimum atomic E-state index is -0.324. The summed E-state index contributed by atoms with van der Waals surface area (Å²) in [7, 11) is 0. The van der Waals surface area contributed by atoms with Gasteiger partial charge in [-0.2, -0.15) is 23.5 Å². The van der Waals surface area contributed by atoms with E-state index in [2.05, 4.69) is 31.9 Å². The Bertz CT molecular complexity index is 1920. The largest absolute Gasteiger partial charge is 0.379 e. The van der Waals surface area contributed by atoms with Gasteiger partial charge in [0.05, 0.1) is 63.8 Å². The number of aliphatic imine (C=N–C) groups is 2. The average Bonchev–Trinajstić information content (AvgIpc) is 4.12. The Morgan fingerprint density at radius 1 is 0.569 bits per heavy atom. The van der Waals surface area contributed by atoms with E-state index >= 15 is 0 Å². The van der Waals surface area contributed by atoms with Crippen molar-refractivity contribution < 1.29 is 43.0 Å². The average molecular weight is 1040 g/mol. The van der Waals surface area contributed by atoms with Gasteiger partial charge in [0.2, 0.25) is 0 Å². The van der Waals surface area contributed by atoms with E-state index in [9.17, 15) is 28.8 Å². The van der Waals surface area contributed by atoms with Gasteiger partial charge in [-0.15, -0.1) is 12.3 Å². The van der Waals surface area contributed by atoms with E-state index < -0.39 is 0 Å². The van der Waals surface area contributed by atoms with Crippen LogP contribution in [0.25, 0.3) is 0 Å². The fourth-order valence-corrected chi connectivity index (χ4v) is 12.6. The highest BCUT2D eigenvalue weighted by Crippen LogP contribution is 2.36. The number of thioether (sulfide) groups is 2. The quantitative estimate of drug-likeness (QED) is 0.0387. The van der Waals surface area contributed by atoms with Crippen LogP contribution in [0.15, 0.2) is 28.2 Å². The van der Waals surface area contributed by atoms with Gasteiger partial charge in [0.1, 0.15) is 28.9 Å². The van der Waals surface area contributed by atoms with Gasteiger partial charge in [-0.25, -0.2) is 9.98 Å². The molecule has 4 heterocycles. The maximum absolute atomic E-state index is 13.4. The fourth-order valence-electron chi connectivity index (χ4n) is 9.61. The third kappa shape index (κ3) is 22.5. The number of Topliss-reactive ketones (excluding diaryl/α,β-unsaturated/α-hetero) is 5. The second-order valence-electron chi connectivity index (χ2n) is 19.5. The molecule has 16 nitrogen and oxygen atoms in total. The van der Waals surface area contributed by atoms with Crippen molar-refractivity contribution in [2.45, 2.75) is 182 Å². The van der Waals surface area contributed by atoms with Crippen LogP contribution in [0, 0.1) is 12.3 Å². The Morgan fingerprint density at radius 2 is 1.00 bits per heavy atom. The van der Waals surface area contributed by atoms with Gasteiger partial charge < -0.3 is 41.6 Å². The molecule has 4 aliphatic rings. The van der Waals surface area contributed by atoms with Crippen molar-refractivity contribution in [1.82, 2.24) is 16.0 Å². The Morgan fingerprint density at radius 3 is 1.49 bits per heavy atom. The van der Waals surface area contributed by atoms with Crippen LogP contribution in [-0.4, -0.2) is 139 Å². The first-order valence-electron chi connectivity index (χ1n) is 26.6. The van der Waals surface area contributed by atoms with Gasteiger partial charge in [0.15, 0.2) is 11.9 Å². The summed E-state index contributed by atoms with van der Waals surface area (Å²) in [6, 6.07) is 6.47. The number of hydrogen-bond acceptors (Lipinski definition) is 17. The number of unbranched alkanes of at least 4 members (excludes halogenated alkanes) is 6. The second-order valence-corrected chi connectivity index (χ2v) is 22.0. The Balaban J connectivity index is 0.968. The van der Waals surface area contributed by atoms with Crippen molar-refractivity contribution in [1.29, 1.82) is 0 Å². The summed E-state index contributed by atoms with van der Waals surface area (Å²) in [4.78, 5) is 85.8. The zero-order valence-corrected chi connectivity index (χ0v) is 44.1. The van der Waals surface area contributed by atoms with Gasteiger partial charge in [0, 0.05) is 105 Å². The molecule has 1 aromatic carbocycles. The van der Waals surface area contributed by atoms with Crippen molar-refractivity contribution in [2.24, 2.45) is 21.5 Å². The van der Waals surface area contributed by atoms with Gasteiger partial charge in [-0.05, 0) is 74.6 Å². The van der Waals surface area contributed by atoms with Crippen molar-refractivity contribution in [3.63, 3.8) is 0 Å². The first-order valence-corrected chi connectivity index (χ1v) is 28.7. The first kappa shape index (κ1) is 58.6. The predicted octanol–water partition coefficient (Wildman–Crippen LogP) is 5.76. The molecule has 0 radical (unpaired) electrons. The van der Waals surface area contributed by atoms with E-state index in [4.69, 9.17) is 32.1 Å². The third-order valence-corrected chi connectivity index (χ3v) is 16.5. The van der Waals surface area contributed by atoms with Crippen LogP contribution in [0.2, 0.25) is 0 Å². The predicted molar refractivity (Wildman–Crippen MR) is 287 cm³/mol. The number of rotatable bonds is 41. The minimum Gasteiger partial charge on any atom is -0.379 e. The number of amides is 1. The molecule has 2 saturated heterocycles. The standard InChI is InChI=1S/C54H81N7O9S2/c1-2-3-14-43(64)23-25-68-27-29-70-30-28-69-26-24-57-52(67)40-32-38(34-44(65)19-8-4-6-15-41(62)17-10-12-21-48-50-46(36-71-48)58-53(55)60-50)31-39(33-40)35-45(66)20-9-5-7-16-42(63)18-11-13-22-49-51-47(37-72-49)59-54(56)61-51/h1,31-33,46-51H,3-30,34-37H2,(H,57,67)(H3,55,58,60)(H3,56,59,61). The molecule has 1 aromatic rings. The van der Waals surface area contributed by atoms with Crippen LogP contribution in [-0.2, 0) is 51.0 Å². The van der Waals surface area contributed by atoms with Crippen molar-refractivity contribution in [3.8, 4) is 12.3 Å². The SMILES string of the molecule is C#CCCC(=O)CCOCCOCCOCCNC(=O)c1cc(CC(=O)CCCCCC(=O)CCCCC2SCC3NC(N)=NC32)cc(CC(=O)CCCCCC(=O)CCCCC2SCC3NC(N)=NC32)c1. The summed E-state index contributed by atoms with van der Waals surface area (Å²) in [6.45, 7) is 2.26. The van der Waals surface area contributed by atoms with Crippen LogP contribution in [0.5, 0.6) is 0 Å². The van der Waals surface area contributed by atoms with E-state index in [1.807, 2.05) is 29.6 Å². The number of carbonyl (C=O) groups is 6. The number of ketones is 5. The molecule has 7 N–H and O–H groups in total. The lowest BCUT2D eigenvalue weighted by atomic mass is 9.96. The number of nitrogens with one attached hydrogen (secondary N) is 3. The Kier molecular flexibility index (Phi) is 27.3. The molecule has 6 unspecified atom stereocenters. The minimum absolute atomic E-state index is 0.0441. The van der Waals surface area contributed by atoms with E-state index in [1.54, 1.807) is 12.1 Å². The number of fused-ring (bicyclic) bond motifs is 2. The number of benzene rings is 1. The number of nitrogens with two attached hydrogens (primary N) is 2. The van der Waals surface area contributed by atoms with Gasteiger partial charge in [-0.3, -0.25) is 28.8 Å². The van der Waals surface area contributed by atoms with Crippen LogP contribution >= 0.6 is 23.5 Å². The maximum Gasteiger partial charge on any atom is 0.251 e. The number of carbonyl (C=O) groups excluding carboxylic acids is 6. The summed E-state index contributed by atoms with van der Waals surface area (Å²) in [6.07, 6.45) is 19.8. The second kappa shape index (κ2) is 33.5. The molecular formula is C54H81N7O9S2. The molecule has 0 spiro atoms. The lowest BCUT2D eigenvalue weighted by Gasteiger charge is -2.14. The number of nitrogens with zero attached hydrogens (tertiary/aromatic N) is 2. The van der Waals surface area contributed by atoms with Gasteiger partial charge in [0.25, 0.3) is 5.91 Å². The van der Waals surface area contributed by atoms with Crippen LogP contribution in [0.4, 0.5) is 0 Å². The summed E-state index contributed by atoms with van der Waals surface area (Å²) in [5.74, 6) is 5.97. The number of ether oxygens (including phenoxy) is 3.